The molecule has 1 aliphatic heterocycles. The van der Waals surface area contributed by atoms with Crippen LogP contribution in [-0.2, 0) is 11.2 Å². The van der Waals surface area contributed by atoms with Gasteiger partial charge in [0, 0.05) is 28.6 Å². The van der Waals surface area contributed by atoms with Crippen molar-refractivity contribution in [3.63, 3.8) is 0 Å². The van der Waals surface area contributed by atoms with Gasteiger partial charge in [0.05, 0.1) is 6.04 Å². The Morgan fingerprint density at radius 1 is 1.12 bits per heavy atom. The molecule has 0 fully saturated rings. The van der Waals surface area contributed by atoms with Crippen molar-refractivity contribution in [1.82, 2.24) is 9.80 Å². The van der Waals surface area contributed by atoms with Crippen molar-refractivity contribution in [3.05, 3.63) is 87.1 Å². The maximum absolute atomic E-state index is 13.6. The Kier molecular flexibility index (Phi) is 7.91. The topological polar surface area (TPSA) is 49.9 Å². The monoisotopic (exact) mass is 496 g/mol. The minimum absolute atomic E-state index is 0.0445. The second-order valence-electron chi connectivity index (χ2n) is 8.86. The van der Waals surface area contributed by atoms with Crippen molar-refractivity contribution in [2.24, 2.45) is 5.92 Å². The highest BCUT2D eigenvalue weighted by atomic mass is 35.5. The Balaban J connectivity index is 1.52. The molecule has 0 spiro atoms. The molecule has 4 rings (SSSR count). The van der Waals surface area contributed by atoms with Crippen molar-refractivity contribution in [1.29, 1.82) is 0 Å². The predicted octanol–water partition coefficient (Wildman–Crippen LogP) is 5.70. The van der Waals surface area contributed by atoms with Gasteiger partial charge in [-0.25, -0.2) is 0 Å². The van der Waals surface area contributed by atoms with Crippen molar-refractivity contribution < 1.29 is 14.3 Å². The Bertz CT molecular complexity index is 1110. The summed E-state index contributed by atoms with van der Waals surface area (Å²) < 4.78 is 6.07. The first-order valence-corrected chi connectivity index (χ1v) is 12.8. The number of carbonyl (C=O) groups excluding carboxylic acids is 2. The van der Waals surface area contributed by atoms with E-state index in [2.05, 4.69) is 25.3 Å². The third-order valence-corrected chi connectivity index (χ3v) is 7.10. The van der Waals surface area contributed by atoms with Gasteiger partial charge in [-0.3, -0.25) is 9.59 Å². The van der Waals surface area contributed by atoms with E-state index in [0.717, 1.165) is 12.0 Å². The molecule has 1 atom stereocenters. The predicted molar refractivity (Wildman–Crippen MR) is 137 cm³/mol. The molecule has 2 aromatic carbocycles. The molecule has 178 valence electrons. The molecule has 0 unspecified atom stereocenters. The van der Waals surface area contributed by atoms with Crippen LogP contribution in [0.4, 0.5) is 0 Å². The van der Waals surface area contributed by atoms with E-state index >= 15 is 0 Å². The molecule has 0 radical (unpaired) electrons. The molecule has 3 aromatic rings. The molecule has 2 heterocycles. The van der Waals surface area contributed by atoms with Crippen LogP contribution in [0.15, 0.2) is 66.0 Å². The number of ether oxygens (including phenoxy) is 1. The second kappa shape index (κ2) is 11.1. The van der Waals surface area contributed by atoms with E-state index < -0.39 is 0 Å². The summed E-state index contributed by atoms with van der Waals surface area (Å²) in [6.07, 6.45) is 0.812. The van der Waals surface area contributed by atoms with Crippen LogP contribution in [0, 0.1) is 5.92 Å². The Hall–Kier alpha value is -2.83. The zero-order valence-corrected chi connectivity index (χ0v) is 21.0. The van der Waals surface area contributed by atoms with E-state index in [0.29, 0.717) is 36.0 Å². The van der Waals surface area contributed by atoms with Crippen LogP contribution in [0.3, 0.4) is 0 Å². The molecule has 34 heavy (non-hydrogen) atoms. The smallest absolute Gasteiger partial charge is 0.254 e. The van der Waals surface area contributed by atoms with Crippen molar-refractivity contribution in [2.75, 3.05) is 26.2 Å². The fourth-order valence-electron chi connectivity index (χ4n) is 4.26. The summed E-state index contributed by atoms with van der Waals surface area (Å²) in [5.41, 5.74) is 1.72. The number of thiophene rings is 1. The third-order valence-electron chi connectivity index (χ3n) is 5.86. The molecule has 2 amide bonds. The molecule has 0 saturated heterocycles. The molecule has 5 nitrogen and oxygen atoms in total. The number of carbonyl (C=O) groups is 2. The van der Waals surface area contributed by atoms with Crippen molar-refractivity contribution in [2.45, 2.75) is 26.3 Å². The highest BCUT2D eigenvalue weighted by molar-refractivity contribution is 7.10. The first-order chi connectivity index (χ1) is 16.4. The molecule has 1 aromatic heterocycles. The summed E-state index contributed by atoms with van der Waals surface area (Å²) >= 11 is 7.71. The maximum atomic E-state index is 13.6. The highest BCUT2D eigenvalue weighted by Gasteiger charge is 2.33. The van der Waals surface area contributed by atoms with E-state index in [1.165, 1.54) is 4.88 Å². The number of nitrogens with zero attached hydrogens (tertiary/aromatic N) is 2. The average Bonchev–Trinajstić information content (AvgIpc) is 3.32. The number of halogens is 1. The van der Waals surface area contributed by atoms with Gasteiger partial charge in [-0.1, -0.05) is 43.6 Å². The molecule has 0 saturated carbocycles. The van der Waals surface area contributed by atoms with Crippen LogP contribution < -0.4 is 4.74 Å². The summed E-state index contributed by atoms with van der Waals surface area (Å²) in [4.78, 5) is 31.6. The van der Waals surface area contributed by atoms with Gasteiger partial charge in [-0.2, -0.15) is 0 Å². The quantitative estimate of drug-likeness (QED) is 0.401. The molecule has 0 N–H and O–H groups in total. The van der Waals surface area contributed by atoms with Gasteiger partial charge in [-0.15, -0.1) is 11.3 Å². The van der Waals surface area contributed by atoms with Crippen LogP contribution in [0.25, 0.3) is 0 Å². The van der Waals surface area contributed by atoms with E-state index in [-0.39, 0.29) is 30.3 Å². The second-order valence-corrected chi connectivity index (χ2v) is 10.3. The largest absolute Gasteiger partial charge is 0.491 e. The van der Waals surface area contributed by atoms with E-state index in [4.69, 9.17) is 16.3 Å². The molecule has 7 heteroatoms. The molecular weight excluding hydrogens is 468 g/mol. The summed E-state index contributed by atoms with van der Waals surface area (Å²) in [7, 11) is 0. The lowest BCUT2D eigenvalue weighted by atomic mass is 10.00. The third kappa shape index (κ3) is 5.80. The summed E-state index contributed by atoms with van der Waals surface area (Å²) in [5.74, 6) is 0.769. The zero-order valence-electron chi connectivity index (χ0n) is 19.4. The first kappa shape index (κ1) is 24.3. The summed E-state index contributed by atoms with van der Waals surface area (Å²) in [6, 6.07) is 18.3. The Morgan fingerprint density at radius 2 is 1.85 bits per heavy atom. The van der Waals surface area contributed by atoms with Crippen LogP contribution >= 0.6 is 22.9 Å². The standard InChI is InChI=1S/C27H29ClN2O3S/c1-19(2)16-29(27(32)20-6-4-3-5-7-20)17-26(31)30-14-12-25-23(13-15-34-25)24(30)18-33-22-10-8-21(28)9-11-22/h3-11,13,15,19,24H,12,14,16-18H2,1-2H3/t24-/m0/s1. The van der Waals surface area contributed by atoms with Gasteiger partial charge in [0.15, 0.2) is 0 Å². The van der Waals surface area contributed by atoms with Crippen molar-refractivity contribution in [3.8, 4) is 5.75 Å². The minimum Gasteiger partial charge on any atom is -0.491 e. The number of fused-ring (bicyclic) bond motifs is 1. The maximum Gasteiger partial charge on any atom is 0.254 e. The Morgan fingerprint density at radius 3 is 2.56 bits per heavy atom. The molecule has 1 aliphatic rings. The van der Waals surface area contributed by atoms with E-state index in [1.807, 2.05) is 35.2 Å². The fraction of sp³-hybridized carbons (Fsp3) is 0.333. The van der Waals surface area contributed by atoms with Crippen LogP contribution in [0.2, 0.25) is 5.02 Å². The van der Waals surface area contributed by atoms with Crippen LogP contribution in [-0.4, -0.2) is 47.9 Å². The van der Waals surface area contributed by atoms with Crippen LogP contribution in [0.5, 0.6) is 5.75 Å². The normalized spacial score (nSPS) is 15.2. The summed E-state index contributed by atoms with van der Waals surface area (Å²) in [6.45, 7) is 5.61. The van der Waals surface area contributed by atoms with E-state index in [1.54, 1.807) is 40.5 Å². The average molecular weight is 497 g/mol. The van der Waals surface area contributed by atoms with Gasteiger partial charge in [-0.05, 0) is 65.7 Å². The lowest BCUT2D eigenvalue weighted by Gasteiger charge is -2.37. The van der Waals surface area contributed by atoms with Crippen molar-refractivity contribution >= 4 is 34.8 Å². The zero-order chi connectivity index (χ0) is 24.1. The number of amides is 2. The molecular formula is C27H29ClN2O3S. The Labute approximate surface area is 209 Å². The lowest BCUT2D eigenvalue weighted by molar-refractivity contribution is -0.135. The fourth-order valence-corrected chi connectivity index (χ4v) is 5.31. The number of hydrogen-bond donors (Lipinski definition) is 0. The number of benzene rings is 2. The SMILES string of the molecule is CC(C)CN(CC(=O)N1CCc2sccc2[C@@H]1COc1ccc(Cl)cc1)C(=O)c1ccccc1. The molecule has 0 bridgehead atoms. The lowest BCUT2D eigenvalue weighted by Crippen LogP contribution is -2.48. The highest BCUT2D eigenvalue weighted by Crippen LogP contribution is 2.34. The van der Waals surface area contributed by atoms with Gasteiger partial charge >= 0.3 is 0 Å². The minimum atomic E-state index is -0.203. The number of rotatable bonds is 8. The van der Waals surface area contributed by atoms with Gasteiger partial charge in [0.1, 0.15) is 18.9 Å². The van der Waals surface area contributed by atoms with Gasteiger partial charge in [0.2, 0.25) is 5.91 Å². The van der Waals surface area contributed by atoms with Gasteiger partial charge < -0.3 is 14.5 Å². The van der Waals surface area contributed by atoms with Crippen LogP contribution in [0.1, 0.15) is 40.7 Å². The number of hydrogen-bond acceptors (Lipinski definition) is 4. The summed E-state index contributed by atoms with van der Waals surface area (Å²) in [5, 5.41) is 2.72. The molecule has 0 aliphatic carbocycles. The first-order valence-electron chi connectivity index (χ1n) is 11.5. The van der Waals surface area contributed by atoms with Gasteiger partial charge in [0.25, 0.3) is 5.91 Å². The van der Waals surface area contributed by atoms with E-state index in [9.17, 15) is 9.59 Å².